The van der Waals surface area contributed by atoms with E-state index in [0.29, 0.717) is 37.1 Å². The standard InChI is InChI=1S/C24H29N7O2/c1-3-25-24(26-15-17-6-10-19(11-7-17)31-14-4-5-22(31)32)27-16-21-28-23(30-29-21)18-8-12-20(33-2)13-9-18/h6-13H,3-5,14-16H2,1-2H3,(H2,25,26,27)(H,28,29,30). The van der Waals surface area contributed by atoms with Crippen LogP contribution in [0.5, 0.6) is 5.75 Å². The largest absolute Gasteiger partial charge is 0.497 e. The summed E-state index contributed by atoms with van der Waals surface area (Å²) < 4.78 is 5.19. The molecule has 1 aliphatic rings. The highest BCUT2D eigenvalue weighted by molar-refractivity contribution is 5.95. The molecule has 0 saturated carbocycles. The van der Waals surface area contributed by atoms with Gasteiger partial charge in [0.05, 0.1) is 20.2 Å². The number of carbonyl (C=O) groups is 1. The Bertz CT molecular complexity index is 1090. The van der Waals surface area contributed by atoms with E-state index >= 15 is 0 Å². The molecule has 3 aromatic rings. The molecule has 1 amide bonds. The maximum atomic E-state index is 11.9. The van der Waals surface area contributed by atoms with E-state index in [0.717, 1.165) is 42.1 Å². The lowest BCUT2D eigenvalue weighted by Gasteiger charge is -2.15. The van der Waals surface area contributed by atoms with Crippen LogP contribution in [0.15, 0.2) is 53.5 Å². The van der Waals surface area contributed by atoms with Crippen molar-refractivity contribution >= 4 is 17.6 Å². The molecule has 0 spiro atoms. The number of nitrogens with one attached hydrogen (secondary N) is 3. The van der Waals surface area contributed by atoms with Gasteiger partial charge in [-0.25, -0.2) is 9.98 Å². The van der Waals surface area contributed by atoms with Crippen LogP contribution in [0.2, 0.25) is 0 Å². The molecule has 0 atom stereocenters. The first kappa shape index (κ1) is 22.3. The first-order valence-electron chi connectivity index (χ1n) is 11.1. The number of guanidine groups is 1. The Hall–Kier alpha value is -3.88. The highest BCUT2D eigenvalue weighted by Gasteiger charge is 2.21. The number of carbonyl (C=O) groups excluding carboxylic acids is 1. The van der Waals surface area contributed by atoms with Crippen LogP contribution < -0.4 is 20.3 Å². The van der Waals surface area contributed by atoms with Crippen LogP contribution in [0.1, 0.15) is 31.2 Å². The van der Waals surface area contributed by atoms with Crippen molar-refractivity contribution in [2.75, 3.05) is 25.1 Å². The molecular formula is C24H29N7O2. The van der Waals surface area contributed by atoms with Gasteiger partial charge in [0.25, 0.3) is 0 Å². The Labute approximate surface area is 193 Å². The number of hydrogen-bond donors (Lipinski definition) is 3. The van der Waals surface area contributed by atoms with Crippen molar-refractivity contribution in [1.82, 2.24) is 25.8 Å². The fraction of sp³-hybridized carbons (Fsp3) is 0.333. The van der Waals surface area contributed by atoms with E-state index in [1.54, 1.807) is 7.11 Å². The van der Waals surface area contributed by atoms with Crippen molar-refractivity contribution in [2.45, 2.75) is 32.9 Å². The molecule has 1 fully saturated rings. The quantitative estimate of drug-likeness (QED) is 0.362. The lowest BCUT2D eigenvalue weighted by molar-refractivity contribution is -0.117. The highest BCUT2D eigenvalue weighted by atomic mass is 16.5. The highest BCUT2D eigenvalue weighted by Crippen LogP contribution is 2.22. The monoisotopic (exact) mass is 447 g/mol. The van der Waals surface area contributed by atoms with Gasteiger partial charge in [0.15, 0.2) is 11.8 Å². The average molecular weight is 448 g/mol. The van der Waals surface area contributed by atoms with Crippen molar-refractivity contribution in [1.29, 1.82) is 0 Å². The molecule has 33 heavy (non-hydrogen) atoms. The molecule has 172 valence electrons. The molecule has 0 bridgehead atoms. The van der Waals surface area contributed by atoms with Gasteiger partial charge in [-0.1, -0.05) is 12.1 Å². The number of rotatable bonds is 8. The molecule has 2 heterocycles. The fourth-order valence-electron chi connectivity index (χ4n) is 3.63. The van der Waals surface area contributed by atoms with Crippen LogP contribution in [-0.2, 0) is 17.9 Å². The van der Waals surface area contributed by atoms with Gasteiger partial charge >= 0.3 is 0 Å². The molecule has 0 radical (unpaired) electrons. The van der Waals surface area contributed by atoms with Crippen molar-refractivity contribution < 1.29 is 9.53 Å². The Morgan fingerprint density at radius 3 is 2.61 bits per heavy atom. The minimum Gasteiger partial charge on any atom is -0.497 e. The summed E-state index contributed by atoms with van der Waals surface area (Å²) in [5.74, 6) is 3.03. The van der Waals surface area contributed by atoms with Crippen LogP contribution in [0.25, 0.3) is 11.4 Å². The number of methoxy groups -OCH3 is 1. The van der Waals surface area contributed by atoms with Gasteiger partial charge in [-0.15, -0.1) is 0 Å². The topological polar surface area (TPSA) is 108 Å². The second kappa shape index (κ2) is 10.6. The number of aromatic nitrogens is 3. The van der Waals surface area contributed by atoms with Crippen molar-refractivity contribution in [2.24, 2.45) is 4.99 Å². The summed E-state index contributed by atoms with van der Waals surface area (Å²) in [7, 11) is 1.64. The predicted molar refractivity (Wildman–Crippen MR) is 128 cm³/mol. The summed E-state index contributed by atoms with van der Waals surface area (Å²) in [6, 6.07) is 15.6. The van der Waals surface area contributed by atoms with Crippen LogP contribution in [0, 0.1) is 0 Å². The number of H-pyrrole nitrogens is 1. The van der Waals surface area contributed by atoms with Crippen LogP contribution in [0.4, 0.5) is 5.69 Å². The van der Waals surface area contributed by atoms with E-state index in [1.165, 1.54) is 0 Å². The molecule has 1 saturated heterocycles. The maximum Gasteiger partial charge on any atom is 0.227 e. The maximum absolute atomic E-state index is 11.9. The van der Waals surface area contributed by atoms with Crippen molar-refractivity contribution in [3.05, 3.63) is 59.9 Å². The second-order valence-corrected chi connectivity index (χ2v) is 7.70. The molecule has 3 N–H and O–H groups in total. The number of anilines is 1. The lowest BCUT2D eigenvalue weighted by atomic mass is 10.2. The number of amides is 1. The smallest absolute Gasteiger partial charge is 0.227 e. The Morgan fingerprint density at radius 2 is 1.94 bits per heavy atom. The molecular weight excluding hydrogens is 418 g/mol. The zero-order valence-corrected chi connectivity index (χ0v) is 19.0. The minimum atomic E-state index is 0.196. The lowest BCUT2D eigenvalue weighted by Crippen LogP contribution is -2.37. The SMILES string of the molecule is CCNC(=NCc1ccc(N2CCCC2=O)cc1)NCc1nc(-c2ccc(OC)cc2)n[nH]1. The summed E-state index contributed by atoms with van der Waals surface area (Å²) in [4.78, 5) is 23.0. The molecule has 1 aliphatic heterocycles. The van der Waals surface area contributed by atoms with Crippen molar-refractivity contribution in [3.63, 3.8) is 0 Å². The molecule has 2 aromatic carbocycles. The zero-order chi connectivity index (χ0) is 23.0. The van der Waals surface area contributed by atoms with Gasteiger partial charge in [0.2, 0.25) is 5.91 Å². The first-order valence-corrected chi connectivity index (χ1v) is 11.1. The summed E-state index contributed by atoms with van der Waals surface area (Å²) in [6.07, 6.45) is 1.56. The number of hydrogen-bond acceptors (Lipinski definition) is 5. The molecule has 9 nitrogen and oxygen atoms in total. The van der Waals surface area contributed by atoms with Crippen LogP contribution in [-0.4, -0.2) is 47.2 Å². The summed E-state index contributed by atoms with van der Waals surface area (Å²) >= 11 is 0. The van der Waals surface area contributed by atoms with E-state index in [4.69, 9.17) is 4.74 Å². The average Bonchev–Trinajstić information content (AvgIpc) is 3.50. The van der Waals surface area contributed by atoms with E-state index < -0.39 is 0 Å². The second-order valence-electron chi connectivity index (χ2n) is 7.70. The Balaban J connectivity index is 1.34. The predicted octanol–water partition coefficient (Wildman–Crippen LogP) is 2.86. The van der Waals surface area contributed by atoms with Gasteiger partial charge in [0.1, 0.15) is 11.6 Å². The van der Waals surface area contributed by atoms with Gasteiger partial charge in [-0.2, -0.15) is 5.10 Å². The third kappa shape index (κ3) is 5.68. The summed E-state index contributed by atoms with van der Waals surface area (Å²) in [5.41, 5.74) is 2.94. The van der Waals surface area contributed by atoms with Gasteiger partial charge in [-0.3, -0.25) is 9.89 Å². The normalized spacial score (nSPS) is 13.9. The van der Waals surface area contributed by atoms with E-state index in [9.17, 15) is 4.79 Å². The van der Waals surface area contributed by atoms with E-state index in [2.05, 4.69) is 30.8 Å². The number of nitrogens with zero attached hydrogens (tertiary/aromatic N) is 4. The molecule has 1 aromatic heterocycles. The van der Waals surface area contributed by atoms with Crippen LogP contribution in [0.3, 0.4) is 0 Å². The number of aliphatic imine (C=N–C) groups is 1. The Morgan fingerprint density at radius 1 is 1.15 bits per heavy atom. The van der Waals surface area contributed by atoms with Gasteiger partial charge in [-0.05, 0) is 55.3 Å². The Kier molecular flexibility index (Phi) is 7.19. The summed E-state index contributed by atoms with van der Waals surface area (Å²) in [6.45, 7) is 4.55. The zero-order valence-electron chi connectivity index (χ0n) is 19.0. The van der Waals surface area contributed by atoms with E-state index in [1.807, 2.05) is 60.4 Å². The molecule has 4 rings (SSSR count). The number of aromatic amines is 1. The van der Waals surface area contributed by atoms with Crippen molar-refractivity contribution in [3.8, 4) is 17.1 Å². The van der Waals surface area contributed by atoms with Crippen LogP contribution >= 0.6 is 0 Å². The number of ether oxygens (including phenoxy) is 1. The fourth-order valence-corrected chi connectivity index (χ4v) is 3.63. The van der Waals surface area contributed by atoms with Gasteiger partial charge in [0, 0.05) is 30.8 Å². The first-order chi connectivity index (χ1) is 16.2. The summed E-state index contributed by atoms with van der Waals surface area (Å²) in [5, 5.41) is 13.8. The molecule has 9 heteroatoms. The molecule has 0 unspecified atom stereocenters. The third-order valence-corrected chi connectivity index (χ3v) is 5.39. The third-order valence-electron chi connectivity index (χ3n) is 5.39. The minimum absolute atomic E-state index is 0.196. The number of benzene rings is 2. The van der Waals surface area contributed by atoms with Gasteiger partial charge < -0.3 is 20.3 Å². The van der Waals surface area contributed by atoms with E-state index in [-0.39, 0.29) is 5.91 Å². The molecule has 0 aliphatic carbocycles.